The zero-order chi connectivity index (χ0) is 14.5. The van der Waals surface area contributed by atoms with E-state index in [1.54, 1.807) is 6.07 Å². The fourth-order valence-corrected chi connectivity index (χ4v) is 4.84. The molecule has 0 saturated heterocycles. The van der Waals surface area contributed by atoms with Crippen LogP contribution in [0.2, 0.25) is 4.34 Å². The topological polar surface area (TPSA) is 66.4 Å². The minimum Gasteiger partial charge on any atom is -0.395 e. The van der Waals surface area contributed by atoms with Gasteiger partial charge in [0.15, 0.2) is 0 Å². The highest BCUT2D eigenvalue weighted by Crippen LogP contribution is 2.26. The van der Waals surface area contributed by atoms with Crippen LogP contribution < -0.4 is 4.72 Å². The van der Waals surface area contributed by atoms with Crippen molar-refractivity contribution in [3.8, 4) is 0 Å². The van der Waals surface area contributed by atoms with Gasteiger partial charge in [0.1, 0.15) is 4.21 Å². The van der Waals surface area contributed by atoms with E-state index >= 15 is 0 Å². The summed E-state index contributed by atoms with van der Waals surface area (Å²) in [6.45, 7) is 3.85. The van der Waals surface area contributed by atoms with Gasteiger partial charge in [-0.25, -0.2) is 13.1 Å². The molecule has 110 valence electrons. The number of hydrogen-bond acceptors (Lipinski definition) is 4. The molecule has 0 amide bonds. The third kappa shape index (κ3) is 4.72. The van der Waals surface area contributed by atoms with Crippen molar-refractivity contribution in [2.24, 2.45) is 5.92 Å². The van der Waals surface area contributed by atoms with Gasteiger partial charge in [-0.05, 0) is 24.5 Å². The first-order valence-corrected chi connectivity index (χ1v) is 9.00. The molecule has 1 aromatic heterocycles. The first-order valence-electron chi connectivity index (χ1n) is 6.33. The van der Waals surface area contributed by atoms with Gasteiger partial charge in [-0.3, -0.25) is 0 Å². The van der Waals surface area contributed by atoms with Crippen LogP contribution in [0.4, 0.5) is 0 Å². The number of aliphatic hydroxyl groups is 1. The quantitative estimate of drug-likeness (QED) is 0.772. The molecule has 1 aromatic rings. The summed E-state index contributed by atoms with van der Waals surface area (Å²) >= 11 is 6.77. The normalized spacial score (nSPS) is 15.4. The Morgan fingerprint density at radius 1 is 1.42 bits per heavy atom. The Kier molecular flexibility index (Phi) is 6.76. The Hall–Kier alpha value is -0.140. The van der Waals surface area contributed by atoms with Gasteiger partial charge in [-0.1, -0.05) is 38.3 Å². The molecule has 0 spiro atoms. The zero-order valence-corrected chi connectivity index (χ0v) is 13.5. The second-order valence-corrected chi connectivity index (χ2v) is 8.08. The molecule has 0 fully saturated rings. The molecular weight excluding hydrogens is 306 g/mol. The van der Waals surface area contributed by atoms with Crippen molar-refractivity contribution in [1.29, 1.82) is 0 Å². The molecule has 0 aliphatic carbocycles. The molecule has 0 unspecified atom stereocenters. The van der Waals surface area contributed by atoms with Crippen LogP contribution in [0.25, 0.3) is 0 Å². The van der Waals surface area contributed by atoms with Crippen molar-refractivity contribution < 1.29 is 13.5 Å². The van der Waals surface area contributed by atoms with E-state index in [0.717, 1.165) is 30.6 Å². The fourth-order valence-electron chi connectivity index (χ4n) is 2.04. The highest BCUT2D eigenvalue weighted by Gasteiger charge is 2.26. The number of sulfonamides is 1. The first-order chi connectivity index (χ1) is 8.94. The van der Waals surface area contributed by atoms with Gasteiger partial charge in [-0.2, -0.15) is 0 Å². The lowest BCUT2D eigenvalue weighted by molar-refractivity contribution is 0.205. The van der Waals surface area contributed by atoms with E-state index in [-0.39, 0.29) is 16.7 Å². The summed E-state index contributed by atoms with van der Waals surface area (Å²) in [6, 6.07) is 2.58. The lowest BCUT2D eigenvalue weighted by Crippen LogP contribution is -2.42. The van der Waals surface area contributed by atoms with Crippen LogP contribution in [-0.4, -0.2) is 26.2 Å². The van der Waals surface area contributed by atoms with Crippen LogP contribution in [-0.2, 0) is 10.0 Å². The Morgan fingerprint density at radius 3 is 2.53 bits per heavy atom. The second-order valence-electron chi connectivity index (χ2n) is 4.43. The maximum atomic E-state index is 12.2. The molecule has 1 rings (SSSR count). The maximum absolute atomic E-state index is 12.2. The standard InChI is InChI=1S/C12H20ClNO3S2/c1-3-5-9(4-2)10(8-15)14-19(16,17)12-7-6-11(13)18-12/h6-7,9-10,14-15H,3-5,8H2,1-2H3/t9-,10+/m1/s1. The van der Waals surface area contributed by atoms with Gasteiger partial charge >= 0.3 is 0 Å². The van der Waals surface area contributed by atoms with E-state index in [1.165, 1.54) is 6.07 Å². The first kappa shape index (κ1) is 16.9. The van der Waals surface area contributed by atoms with Gasteiger partial charge in [0.05, 0.1) is 10.9 Å². The number of halogens is 1. The Bertz CT molecular complexity index is 487. The van der Waals surface area contributed by atoms with Gasteiger partial charge in [0, 0.05) is 6.04 Å². The molecule has 7 heteroatoms. The largest absolute Gasteiger partial charge is 0.395 e. The lowest BCUT2D eigenvalue weighted by Gasteiger charge is -2.24. The van der Waals surface area contributed by atoms with E-state index in [4.69, 9.17) is 11.6 Å². The van der Waals surface area contributed by atoms with Crippen molar-refractivity contribution in [2.75, 3.05) is 6.61 Å². The van der Waals surface area contributed by atoms with Crippen molar-refractivity contribution in [3.05, 3.63) is 16.5 Å². The van der Waals surface area contributed by atoms with Crippen molar-refractivity contribution in [1.82, 2.24) is 4.72 Å². The highest BCUT2D eigenvalue weighted by atomic mass is 35.5. The summed E-state index contributed by atoms with van der Waals surface area (Å²) in [5.74, 6) is 0.139. The molecule has 2 N–H and O–H groups in total. The molecule has 19 heavy (non-hydrogen) atoms. The van der Waals surface area contributed by atoms with Crippen LogP contribution in [0, 0.1) is 5.92 Å². The average molecular weight is 326 g/mol. The molecule has 0 aromatic carbocycles. The van der Waals surface area contributed by atoms with Crippen LogP contribution in [0.1, 0.15) is 33.1 Å². The van der Waals surface area contributed by atoms with E-state index in [2.05, 4.69) is 4.72 Å². The highest BCUT2D eigenvalue weighted by molar-refractivity contribution is 7.91. The molecule has 0 aliphatic heterocycles. The Labute approximate surface area is 123 Å². The van der Waals surface area contributed by atoms with Crippen LogP contribution in [0.3, 0.4) is 0 Å². The maximum Gasteiger partial charge on any atom is 0.250 e. The van der Waals surface area contributed by atoms with E-state index < -0.39 is 16.1 Å². The summed E-state index contributed by atoms with van der Waals surface area (Å²) in [5, 5.41) is 9.42. The Balaban J connectivity index is 2.85. The average Bonchev–Trinajstić information content (AvgIpc) is 2.81. The van der Waals surface area contributed by atoms with Crippen molar-refractivity contribution in [3.63, 3.8) is 0 Å². The minimum atomic E-state index is -3.60. The van der Waals surface area contributed by atoms with Crippen LogP contribution >= 0.6 is 22.9 Å². The van der Waals surface area contributed by atoms with Gasteiger partial charge in [0.25, 0.3) is 0 Å². The smallest absolute Gasteiger partial charge is 0.250 e. The fraction of sp³-hybridized carbons (Fsp3) is 0.667. The van der Waals surface area contributed by atoms with Crippen LogP contribution in [0.5, 0.6) is 0 Å². The van der Waals surface area contributed by atoms with Crippen LogP contribution in [0.15, 0.2) is 16.3 Å². The zero-order valence-electron chi connectivity index (χ0n) is 11.1. The lowest BCUT2D eigenvalue weighted by atomic mass is 9.93. The predicted octanol–water partition coefficient (Wildman–Crippen LogP) is 2.87. The summed E-state index contributed by atoms with van der Waals surface area (Å²) in [7, 11) is -3.60. The minimum absolute atomic E-state index is 0.139. The SMILES string of the molecule is CCC[C@@H](CC)[C@H](CO)NS(=O)(=O)c1ccc(Cl)s1. The van der Waals surface area contributed by atoms with Gasteiger partial charge < -0.3 is 5.11 Å². The molecule has 1 heterocycles. The summed E-state index contributed by atoms with van der Waals surface area (Å²) < 4.78 is 27.5. The molecule has 0 aliphatic rings. The van der Waals surface area contributed by atoms with E-state index in [0.29, 0.717) is 4.34 Å². The molecule has 0 bridgehead atoms. The monoisotopic (exact) mass is 325 g/mol. The van der Waals surface area contributed by atoms with Crippen molar-refractivity contribution in [2.45, 2.75) is 43.4 Å². The predicted molar refractivity (Wildman–Crippen MR) is 79.2 cm³/mol. The number of aliphatic hydroxyl groups excluding tert-OH is 1. The molecule has 4 nitrogen and oxygen atoms in total. The van der Waals surface area contributed by atoms with E-state index in [1.807, 2.05) is 13.8 Å². The second kappa shape index (κ2) is 7.59. The van der Waals surface area contributed by atoms with Gasteiger partial charge in [0.2, 0.25) is 10.0 Å². The molecule has 0 saturated carbocycles. The van der Waals surface area contributed by atoms with Crippen molar-refractivity contribution >= 4 is 33.0 Å². The number of nitrogens with one attached hydrogen (secondary N) is 1. The third-order valence-corrected chi connectivity index (χ3v) is 6.28. The number of thiophene rings is 1. The summed E-state index contributed by atoms with van der Waals surface area (Å²) in [4.78, 5) is 0. The van der Waals surface area contributed by atoms with Gasteiger partial charge in [-0.15, -0.1) is 11.3 Å². The summed E-state index contributed by atoms with van der Waals surface area (Å²) in [6.07, 6.45) is 2.67. The molecule has 2 atom stereocenters. The third-order valence-electron chi connectivity index (χ3n) is 3.07. The number of hydrogen-bond donors (Lipinski definition) is 2. The van der Waals surface area contributed by atoms with E-state index in [9.17, 15) is 13.5 Å². The Morgan fingerprint density at radius 2 is 2.11 bits per heavy atom. The molecule has 0 radical (unpaired) electrons. The number of rotatable bonds is 8. The summed E-state index contributed by atoms with van der Waals surface area (Å²) in [5.41, 5.74) is 0. The molecular formula is C12H20ClNO3S2.